The van der Waals surface area contributed by atoms with Crippen molar-refractivity contribution in [3.63, 3.8) is 0 Å². The third-order valence-electron chi connectivity index (χ3n) is 13.6. The Morgan fingerprint density at radius 2 is 0.887 bits per heavy atom. The molecule has 0 saturated carbocycles. The molecule has 0 spiro atoms. The van der Waals surface area contributed by atoms with Crippen molar-refractivity contribution < 1.29 is 0 Å². The second kappa shape index (κ2) is 13.6. The van der Waals surface area contributed by atoms with Gasteiger partial charge in [0.15, 0.2) is 11.6 Å². The van der Waals surface area contributed by atoms with Crippen LogP contribution in [0.5, 0.6) is 0 Å². The summed E-state index contributed by atoms with van der Waals surface area (Å²) in [7, 11) is 0. The molecular formula is C57H45N5. The van der Waals surface area contributed by atoms with E-state index < -0.39 is 0 Å². The molecule has 0 N–H and O–H groups in total. The van der Waals surface area contributed by atoms with Gasteiger partial charge in [0.05, 0.1) is 22.1 Å². The van der Waals surface area contributed by atoms with Crippen molar-refractivity contribution in [3.05, 3.63) is 187 Å². The lowest BCUT2D eigenvalue weighted by molar-refractivity contribution is 0.334. The summed E-state index contributed by atoms with van der Waals surface area (Å²) in [5.74, 6) is 1.85. The van der Waals surface area contributed by atoms with Crippen molar-refractivity contribution >= 4 is 54.4 Å². The summed E-state index contributed by atoms with van der Waals surface area (Å²) in [6.45, 7) is 9.73. The van der Waals surface area contributed by atoms with Crippen LogP contribution in [-0.4, -0.2) is 24.1 Å². The van der Waals surface area contributed by atoms with Crippen LogP contribution in [0.4, 0.5) is 0 Å². The number of hydrogen-bond donors (Lipinski definition) is 0. The summed E-state index contributed by atoms with van der Waals surface area (Å²) in [5.41, 5.74) is 12.6. The molecule has 62 heavy (non-hydrogen) atoms. The normalized spacial score (nSPS) is 14.6. The summed E-state index contributed by atoms with van der Waals surface area (Å²) in [4.78, 5) is 16.2. The molecule has 1 aliphatic carbocycles. The largest absolute Gasteiger partial charge is 0.307 e. The van der Waals surface area contributed by atoms with Gasteiger partial charge in [0.25, 0.3) is 0 Å². The van der Waals surface area contributed by atoms with Crippen LogP contribution in [0.15, 0.2) is 176 Å². The molecule has 11 aromatic rings. The van der Waals surface area contributed by atoms with Gasteiger partial charge in [-0.15, -0.1) is 0 Å². The maximum Gasteiger partial charge on any atom is 0.238 e. The van der Waals surface area contributed by atoms with Gasteiger partial charge in [0, 0.05) is 38.4 Å². The minimum Gasteiger partial charge on any atom is -0.307 e. The van der Waals surface area contributed by atoms with Crippen LogP contribution in [0.2, 0.25) is 0 Å². The zero-order valence-corrected chi connectivity index (χ0v) is 35.4. The van der Waals surface area contributed by atoms with E-state index in [2.05, 4.69) is 207 Å². The molecule has 1 aliphatic rings. The number of benzene rings is 8. The summed E-state index contributed by atoms with van der Waals surface area (Å²) in [6.07, 6.45) is 2.22. The van der Waals surface area contributed by atoms with Crippen molar-refractivity contribution in [2.45, 2.75) is 51.4 Å². The number of nitrogens with zero attached hydrogens (tertiary/aromatic N) is 5. The monoisotopic (exact) mass is 799 g/mol. The molecule has 0 bridgehead atoms. The van der Waals surface area contributed by atoms with Gasteiger partial charge in [-0.2, -0.15) is 9.97 Å². The Bertz CT molecular complexity index is 3540. The van der Waals surface area contributed by atoms with E-state index in [0.29, 0.717) is 17.6 Å². The first-order valence-electron chi connectivity index (χ1n) is 21.8. The molecule has 3 aromatic heterocycles. The van der Waals surface area contributed by atoms with Crippen molar-refractivity contribution in [3.8, 4) is 45.5 Å². The standard InChI is InChI=1S/C57H45N5/c1-56(2)34-35-57(3,4)50-44(56)32-33-46-49(50)48-42-25-15-14-24-41(42)47-43-26-16-17-27-45(43)61(40-22-12-7-13-23-40)51(47)52(48)62(46)55-59-53(38-20-10-6-11-21-38)58-54(60-55)39-30-28-37(29-31-39)36-18-8-5-9-19-36/h5-33H,34-35H2,1-4H3. The SMILES string of the molecule is CC1(C)CCC(C)(C)c2c1ccc1c2c2c3ccccc3c3c4ccccc4n(-c4ccccc4)c3c2n1-c1nc(-c2ccccc2)nc(-c2ccc(-c3ccccc3)cc2)n1. The summed E-state index contributed by atoms with van der Waals surface area (Å²) in [5, 5.41) is 7.43. The highest BCUT2D eigenvalue weighted by atomic mass is 15.2. The van der Waals surface area contributed by atoms with Crippen LogP contribution >= 0.6 is 0 Å². The smallest absolute Gasteiger partial charge is 0.238 e. The maximum absolute atomic E-state index is 5.53. The van der Waals surface area contributed by atoms with Crippen LogP contribution in [0.1, 0.15) is 51.7 Å². The highest BCUT2D eigenvalue weighted by molar-refractivity contribution is 6.37. The first-order chi connectivity index (χ1) is 30.3. The quantitative estimate of drug-likeness (QED) is 0.174. The van der Waals surface area contributed by atoms with Gasteiger partial charge in [-0.05, 0) is 81.0 Å². The average molecular weight is 800 g/mol. The van der Waals surface area contributed by atoms with Crippen LogP contribution < -0.4 is 0 Å². The summed E-state index contributed by atoms with van der Waals surface area (Å²) < 4.78 is 4.85. The number of para-hydroxylation sites is 2. The Kier molecular flexibility index (Phi) is 7.98. The van der Waals surface area contributed by atoms with Crippen molar-refractivity contribution in [1.82, 2.24) is 24.1 Å². The van der Waals surface area contributed by atoms with E-state index in [4.69, 9.17) is 15.0 Å². The van der Waals surface area contributed by atoms with Crippen LogP contribution in [0.3, 0.4) is 0 Å². The van der Waals surface area contributed by atoms with Crippen LogP contribution in [0, 0.1) is 0 Å². The first-order valence-corrected chi connectivity index (χ1v) is 21.8. The van der Waals surface area contributed by atoms with Gasteiger partial charge in [-0.25, -0.2) is 4.98 Å². The molecule has 0 atom stereocenters. The van der Waals surface area contributed by atoms with E-state index in [1.807, 2.05) is 6.07 Å². The maximum atomic E-state index is 5.53. The van der Waals surface area contributed by atoms with Gasteiger partial charge < -0.3 is 4.57 Å². The zero-order valence-electron chi connectivity index (χ0n) is 35.4. The molecule has 298 valence electrons. The van der Waals surface area contributed by atoms with Crippen molar-refractivity contribution in [2.24, 2.45) is 0 Å². The van der Waals surface area contributed by atoms with E-state index in [0.717, 1.165) is 57.3 Å². The lowest BCUT2D eigenvalue weighted by atomic mass is 9.62. The van der Waals surface area contributed by atoms with E-state index >= 15 is 0 Å². The third kappa shape index (κ3) is 5.44. The highest BCUT2D eigenvalue weighted by Gasteiger charge is 2.40. The average Bonchev–Trinajstić information content (AvgIpc) is 3.85. The Morgan fingerprint density at radius 3 is 1.56 bits per heavy atom. The molecule has 3 heterocycles. The van der Waals surface area contributed by atoms with E-state index in [-0.39, 0.29) is 10.8 Å². The molecule has 0 unspecified atom stereocenters. The molecule has 0 radical (unpaired) electrons. The molecule has 5 heteroatoms. The van der Waals surface area contributed by atoms with Gasteiger partial charge in [-0.1, -0.05) is 179 Å². The fourth-order valence-corrected chi connectivity index (χ4v) is 10.5. The Labute approximate surface area is 361 Å². The number of aromatic nitrogens is 5. The molecule has 12 rings (SSSR count). The predicted octanol–water partition coefficient (Wildman–Crippen LogP) is 14.6. The minimum atomic E-state index is -0.0777. The summed E-state index contributed by atoms with van der Waals surface area (Å²) in [6, 6.07) is 62.9. The third-order valence-corrected chi connectivity index (χ3v) is 13.6. The number of fused-ring (bicyclic) bond motifs is 12. The van der Waals surface area contributed by atoms with Crippen LogP contribution in [0.25, 0.3) is 99.9 Å². The molecule has 0 amide bonds. The van der Waals surface area contributed by atoms with E-state index in [1.54, 1.807) is 0 Å². The number of hydrogen-bond acceptors (Lipinski definition) is 3. The molecule has 0 fully saturated rings. The minimum absolute atomic E-state index is 0.0129. The van der Waals surface area contributed by atoms with Crippen LogP contribution in [-0.2, 0) is 10.8 Å². The van der Waals surface area contributed by atoms with Gasteiger partial charge in [0.2, 0.25) is 5.95 Å². The lowest BCUT2D eigenvalue weighted by Crippen LogP contribution is -2.34. The van der Waals surface area contributed by atoms with Crippen molar-refractivity contribution in [1.29, 1.82) is 0 Å². The number of rotatable bonds is 5. The molecule has 8 aromatic carbocycles. The van der Waals surface area contributed by atoms with Gasteiger partial charge in [-0.3, -0.25) is 4.57 Å². The molecule has 5 nitrogen and oxygen atoms in total. The Morgan fingerprint density at radius 1 is 0.387 bits per heavy atom. The Hall–Kier alpha value is -7.37. The fourth-order valence-electron chi connectivity index (χ4n) is 10.5. The molecular weight excluding hydrogens is 755 g/mol. The van der Waals surface area contributed by atoms with Gasteiger partial charge >= 0.3 is 0 Å². The first kappa shape index (κ1) is 36.5. The van der Waals surface area contributed by atoms with E-state index in [1.165, 1.54) is 49.0 Å². The fraction of sp³-hybridized carbons (Fsp3) is 0.140. The lowest BCUT2D eigenvalue weighted by Gasteiger charge is -2.42. The highest BCUT2D eigenvalue weighted by Crippen LogP contribution is 2.53. The summed E-state index contributed by atoms with van der Waals surface area (Å²) >= 11 is 0. The zero-order chi connectivity index (χ0) is 41.7. The topological polar surface area (TPSA) is 48.5 Å². The second-order valence-corrected chi connectivity index (χ2v) is 18.3. The second-order valence-electron chi connectivity index (χ2n) is 18.3. The van der Waals surface area contributed by atoms with E-state index in [9.17, 15) is 0 Å². The Balaban J connectivity index is 1.29. The molecule has 0 saturated heterocycles. The molecule has 0 aliphatic heterocycles. The predicted molar refractivity (Wildman–Crippen MR) is 258 cm³/mol. The van der Waals surface area contributed by atoms with Gasteiger partial charge in [0.1, 0.15) is 0 Å². The van der Waals surface area contributed by atoms with Crippen molar-refractivity contribution in [2.75, 3.05) is 0 Å².